The summed E-state index contributed by atoms with van der Waals surface area (Å²) in [7, 11) is 0. The summed E-state index contributed by atoms with van der Waals surface area (Å²) in [6.45, 7) is 0. The van der Waals surface area contributed by atoms with E-state index < -0.39 is 5.75 Å². The van der Waals surface area contributed by atoms with Crippen LogP contribution in [0.15, 0.2) is 23.4 Å². The average molecular weight is 197 g/mol. The van der Waals surface area contributed by atoms with Crippen LogP contribution in [-0.4, -0.2) is 11.4 Å². The molecule has 0 aliphatic rings. The Morgan fingerprint density at radius 3 is 2.31 bits per heavy atom. The quantitative estimate of drug-likeness (QED) is 0.210. The topological polar surface area (TPSA) is 78.7 Å². The van der Waals surface area contributed by atoms with Crippen LogP contribution >= 0.6 is 0 Å². The van der Waals surface area contributed by atoms with Crippen LogP contribution in [0.1, 0.15) is 5.56 Å². The van der Waals surface area contributed by atoms with Gasteiger partial charge in [0.05, 0.1) is 6.21 Å². The molecule has 0 saturated carbocycles. The summed E-state index contributed by atoms with van der Waals surface area (Å²) >= 11 is 0. The van der Waals surface area contributed by atoms with Crippen LogP contribution in [-0.2, 0) is 0 Å². The third kappa shape index (κ3) is 4.90. The first-order valence-electron chi connectivity index (χ1n) is 2.89. The van der Waals surface area contributed by atoms with E-state index in [0.717, 1.165) is 12.3 Å². The predicted molar refractivity (Wildman–Crippen MR) is 34.7 cm³/mol. The van der Waals surface area contributed by atoms with E-state index >= 15 is 0 Å². The summed E-state index contributed by atoms with van der Waals surface area (Å²) in [4.78, 5) is 0. The van der Waals surface area contributed by atoms with Crippen molar-refractivity contribution in [1.82, 2.24) is 0 Å². The smallest absolute Gasteiger partial charge is 0.872 e. The van der Waals surface area contributed by atoms with Gasteiger partial charge in [0.2, 0.25) is 0 Å². The molecule has 6 heteroatoms. The molecule has 4 nitrogen and oxygen atoms in total. The van der Waals surface area contributed by atoms with Crippen LogP contribution in [0.3, 0.4) is 0 Å². The first kappa shape index (κ1) is 15.7. The Labute approximate surface area is 120 Å². The maximum absolute atomic E-state index is 10.8. The summed E-state index contributed by atoms with van der Waals surface area (Å²) < 4.78 is 0. The number of hydrogen-bond acceptors (Lipinski definition) is 4. The van der Waals surface area contributed by atoms with Crippen molar-refractivity contribution >= 4 is 6.21 Å². The van der Waals surface area contributed by atoms with Crippen molar-refractivity contribution in [3.63, 3.8) is 0 Å². The van der Waals surface area contributed by atoms with Gasteiger partial charge in [0.1, 0.15) is 0 Å². The molecule has 13 heavy (non-hydrogen) atoms. The van der Waals surface area contributed by atoms with Gasteiger partial charge < -0.3 is 15.4 Å². The minimum absolute atomic E-state index is 0. The maximum Gasteiger partial charge on any atom is 1.00 e. The van der Waals surface area contributed by atoms with Gasteiger partial charge in [-0.15, -0.1) is 11.5 Å². The van der Waals surface area contributed by atoms with Crippen molar-refractivity contribution < 1.29 is 74.5 Å². The molecule has 0 fully saturated rings. The van der Waals surface area contributed by atoms with Crippen molar-refractivity contribution in [3.05, 3.63) is 23.8 Å². The van der Waals surface area contributed by atoms with Crippen molar-refractivity contribution in [1.29, 1.82) is 0 Å². The van der Waals surface area contributed by atoms with Crippen LogP contribution in [0.5, 0.6) is 11.5 Å². The van der Waals surface area contributed by atoms with Gasteiger partial charge in [-0.05, 0) is 5.56 Å². The summed E-state index contributed by atoms with van der Waals surface area (Å²) in [6.07, 6.45) is 0.988. The summed E-state index contributed by atoms with van der Waals surface area (Å²) in [5.41, 5.74) is 0.201. The van der Waals surface area contributed by atoms with Gasteiger partial charge in [0.25, 0.3) is 0 Å². The minimum Gasteiger partial charge on any atom is -0.872 e. The predicted octanol–water partition coefficient (Wildman–Crippen LogP) is -6.35. The van der Waals surface area contributed by atoms with Crippen LogP contribution in [0.4, 0.5) is 0 Å². The molecule has 58 valence electrons. The Balaban J connectivity index is 0. The van der Waals surface area contributed by atoms with Gasteiger partial charge in [-0.3, -0.25) is 0 Å². The number of rotatable bonds is 1. The van der Waals surface area contributed by atoms with Crippen LogP contribution in [0, 0.1) is 0 Å². The van der Waals surface area contributed by atoms with Crippen molar-refractivity contribution in [2.75, 3.05) is 0 Å². The first-order valence-corrected chi connectivity index (χ1v) is 2.89. The fourth-order valence-corrected chi connectivity index (χ4v) is 0.684. The van der Waals surface area contributed by atoms with Crippen molar-refractivity contribution in [2.45, 2.75) is 0 Å². The third-order valence-electron chi connectivity index (χ3n) is 1.18. The molecule has 1 N–H and O–H groups in total. The van der Waals surface area contributed by atoms with E-state index in [0.29, 0.717) is 0 Å². The Morgan fingerprint density at radius 1 is 1.23 bits per heavy atom. The summed E-state index contributed by atoms with van der Waals surface area (Å²) in [5, 5.41) is 32.1. The molecule has 0 radical (unpaired) electrons. The monoisotopic (exact) mass is 197 g/mol. The van der Waals surface area contributed by atoms with Gasteiger partial charge in [0, 0.05) is 0 Å². The summed E-state index contributed by atoms with van der Waals surface area (Å²) in [6, 6.07) is 3.49. The Morgan fingerprint density at radius 2 is 1.85 bits per heavy atom. The molecular formula is C7H5NNa2O3. The molecule has 0 amide bonds. The summed E-state index contributed by atoms with van der Waals surface area (Å²) in [5.74, 6) is -0.777. The van der Waals surface area contributed by atoms with Crippen LogP contribution in [0.25, 0.3) is 0 Å². The molecule has 1 aromatic rings. The largest absolute Gasteiger partial charge is 1.00 e. The Kier molecular flexibility index (Phi) is 9.29. The minimum atomic E-state index is -0.435. The number of oxime groups is 1. The van der Waals surface area contributed by atoms with Crippen molar-refractivity contribution in [2.24, 2.45) is 5.16 Å². The number of hydrogen-bond donors (Lipinski definition) is 1. The number of nitrogens with zero attached hydrogens (tertiary/aromatic N) is 1. The molecule has 1 aromatic carbocycles. The van der Waals surface area contributed by atoms with E-state index in [-0.39, 0.29) is 70.4 Å². The Hall–Kier alpha value is 0.290. The van der Waals surface area contributed by atoms with Crippen molar-refractivity contribution in [3.8, 4) is 11.5 Å². The van der Waals surface area contributed by atoms with Gasteiger partial charge in [-0.2, -0.15) is 0 Å². The molecule has 0 bridgehead atoms. The van der Waals surface area contributed by atoms with E-state index in [4.69, 9.17) is 5.21 Å². The van der Waals surface area contributed by atoms with Gasteiger partial charge in [0.15, 0.2) is 0 Å². The molecule has 0 aliphatic heterocycles. The molecule has 0 heterocycles. The molecule has 0 atom stereocenters. The van der Waals surface area contributed by atoms with E-state index in [1.807, 2.05) is 0 Å². The second-order valence-corrected chi connectivity index (χ2v) is 1.94. The SMILES string of the molecule is [Na+].[Na+].[O-]c1ccc(/C=N\O)c([O-])c1. The standard InChI is InChI=1S/C7H7NO3.2Na/c9-6-2-1-5(4-8-11)7(10)3-6;;/h1-4,9-11H;;/q;2*+1/p-2/b8-4-;;. The molecule has 0 aromatic heterocycles. The van der Waals surface area contributed by atoms with E-state index in [2.05, 4.69) is 5.16 Å². The normalized spacial score (nSPS) is 8.92. The van der Waals surface area contributed by atoms with Gasteiger partial charge in [-0.25, -0.2) is 0 Å². The molecule has 0 saturated heterocycles. The fraction of sp³-hybridized carbons (Fsp3) is 0. The molecule has 0 spiro atoms. The molecule has 0 aliphatic carbocycles. The van der Waals surface area contributed by atoms with Crippen LogP contribution < -0.4 is 69.3 Å². The first-order chi connectivity index (χ1) is 5.24. The zero-order chi connectivity index (χ0) is 8.27. The molecule has 1 rings (SSSR count). The Bertz CT molecular complexity index is 291. The number of benzene rings is 1. The third-order valence-corrected chi connectivity index (χ3v) is 1.18. The zero-order valence-corrected chi connectivity index (χ0v) is 11.5. The second-order valence-electron chi connectivity index (χ2n) is 1.94. The van der Waals surface area contributed by atoms with Gasteiger partial charge >= 0.3 is 59.1 Å². The van der Waals surface area contributed by atoms with E-state index in [1.165, 1.54) is 12.1 Å². The zero-order valence-electron chi connectivity index (χ0n) is 7.52. The van der Waals surface area contributed by atoms with Gasteiger partial charge in [-0.1, -0.05) is 23.4 Å². The van der Waals surface area contributed by atoms with E-state index in [9.17, 15) is 10.2 Å². The average Bonchev–Trinajstić information content (AvgIpc) is 1.95. The fourth-order valence-electron chi connectivity index (χ4n) is 0.684. The van der Waals surface area contributed by atoms with E-state index in [1.54, 1.807) is 0 Å². The van der Waals surface area contributed by atoms with Crippen LogP contribution in [0.2, 0.25) is 0 Å². The second kappa shape index (κ2) is 7.67. The molecule has 0 unspecified atom stereocenters. The maximum atomic E-state index is 10.8. The molecular weight excluding hydrogens is 192 g/mol.